The maximum Gasteiger partial charge on any atom is 0.230 e. The number of amides is 1. The normalized spacial score (nSPS) is 14.3. The van der Waals surface area contributed by atoms with Crippen LogP contribution in [-0.2, 0) is 11.2 Å². The second-order valence-corrected chi connectivity index (χ2v) is 7.13. The van der Waals surface area contributed by atoms with Crippen LogP contribution in [0, 0.1) is 17.3 Å². The van der Waals surface area contributed by atoms with E-state index < -0.39 is 5.92 Å². The molecule has 0 radical (unpaired) electrons. The highest BCUT2D eigenvalue weighted by Gasteiger charge is 2.25. The number of hydrogen-bond acceptors (Lipinski definition) is 2. The zero-order valence-electron chi connectivity index (χ0n) is 13.3. The Kier molecular flexibility index (Phi) is 6.34. The monoisotopic (exact) mass is 306 g/mol. The first-order valence-electron chi connectivity index (χ1n) is 7.32. The lowest BCUT2D eigenvalue weighted by molar-refractivity contribution is -0.123. The minimum absolute atomic E-state index is 0.0811. The SMILES string of the molecule is CC(CNC(=O)C(Cc1ccccc1)C(N)=S)C(C)(C)C. The van der Waals surface area contributed by atoms with E-state index in [-0.39, 0.29) is 16.3 Å². The molecule has 21 heavy (non-hydrogen) atoms. The van der Waals surface area contributed by atoms with Crippen molar-refractivity contribution >= 4 is 23.1 Å². The molecule has 0 aliphatic rings. The fourth-order valence-electron chi connectivity index (χ4n) is 1.86. The van der Waals surface area contributed by atoms with Gasteiger partial charge in [0, 0.05) is 6.54 Å². The second kappa shape index (κ2) is 7.55. The van der Waals surface area contributed by atoms with Crippen molar-refractivity contribution in [2.45, 2.75) is 34.1 Å². The average molecular weight is 306 g/mol. The maximum atomic E-state index is 12.3. The van der Waals surface area contributed by atoms with Gasteiger partial charge in [-0.15, -0.1) is 0 Å². The number of benzene rings is 1. The lowest BCUT2D eigenvalue weighted by Crippen LogP contribution is -2.42. The molecule has 0 spiro atoms. The van der Waals surface area contributed by atoms with Crippen molar-refractivity contribution in [1.29, 1.82) is 0 Å². The van der Waals surface area contributed by atoms with Crippen LogP contribution in [0.15, 0.2) is 30.3 Å². The smallest absolute Gasteiger partial charge is 0.230 e. The van der Waals surface area contributed by atoms with E-state index in [1.165, 1.54) is 0 Å². The molecule has 3 N–H and O–H groups in total. The summed E-state index contributed by atoms with van der Waals surface area (Å²) in [4.78, 5) is 12.6. The highest BCUT2D eigenvalue weighted by atomic mass is 32.1. The fourth-order valence-corrected chi connectivity index (χ4v) is 2.05. The summed E-state index contributed by atoms with van der Waals surface area (Å²) in [5.41, 5.74) is 6.97. The number of nitrogens with one attached hydrogen (secondary N) is 1. The molecule has 0 bridgehead atoms. The standard InChI is InChI=1S/C17H26N2OS/c1-12(17(2,3)4)11-19-16(20)14(15(18)21)10-13-8-6-5-7-9-13/h5-9,12,14H,10-11H2,1-4H3,(H2,18,21)(H,19,20). The van der Waals surface area contributed by atoms with Crippen LogP contribution in [0.25, 0.3) is 0 Å². The van der Waals surface area contributed by atoms with Gasteiger partial charge in [0.25, 0.3) is 0 Å². The van der Waals surface area contributed by atoms with Gasteiger partial charge >= 0.3 is 0 Å². The molecule has 116 valence electrons. The molecule has 0 aliphatic heterocycles. The summed E-state index contributed by atoms with van der Waals surface area (Å²) < 4.78 is 0. The average Bonchev–Trinajstić information content (AvgIpc) is 2.41. The van der Waals surface area contributed by atoms with Gasteiger partial charge in [0.15, 0.2) is 0 Å². The van der Waals surface area contributed by atoms with Crippen molar-refractivity contribution < 1.29 is 4.79 Å². The molecule has 3 nitrogen and oxygen atoms in total. The van der Waals surface area contributed by atoms with E-state index in [4.69, 9.17) is 18.0 Å². The van der Waals surface area contributed by atoms with E-state index in [1.54, 1.807) is 0 Å². The predicted molar refractivity (Wildman–Crippen MR) is 92.1 cm³/mol. The number of carbonyl (C=O) groups is 1. The van der Waals surface area contributed by atoms with Crippen molar-refractivity contribution in [3.63, 3.8) is 0 Å². The molecule has 2 atom stereocenters. The van der Waals surface area contributed by atoms with E-state index in [0.717, 1.165) is 5.56 Å². The first-order chi connectivity index (χ1) is 9.71. The molecule has 0 saturated carbocycles. The van der Waals surface area contributed by atoms with Gasteiger partial charge in [-0.2, -0.15) is 0 Å². The van der Waals surface area contributed by atoms with Crippen LogP contribution in [0.4, 0.5) is 0 Å². The summed E-state index contributed by atoms with van der Waals surface area (Å²) in [5, 5.41) is 2.98. The summed E-state index contributed by atoms with van der Waals surface area (Å²) in [7, 11) is 0. The predicted octanol–water partition coefficient (Wildman–Crippen LogP) is 2.93. The van der Waals surface area contributed by atoms with Crippen LogP contribution in [0.3, 0.4) is 0 Å². The Bertz CT molecular complexity index is 479. The van der Waals surface area contributed by atoms with Gasteiger partial charge in [0.1, 0.15) is 0 Å². The zero-order chi connectivity index (χ0) is 16.0. The molecule has 2 unspecified atom stereocenters. The summed E-state index contributed by atoms with van der Waals surface area (Å²) in [6.45, 7) is 9.26. The van der Waals surface area contributed by atoms with Crippen molar-refractivity contribution in [1.82, 2.24) is 5.32 Å². The molecule has 1 aromatic rings. The lowest BCUT2D eigenvalue weighted by atomic mass is 9.82. The van der Waals surface area contributed by atoms with Crippen molar-refractivity contribution in [2.24, 2.45) is 23.0 Å². The third kappa shape index (κ3) is 5.84. The van der Waals surface area contributed by atoms with Crippen LogP contribution >= 0.6 is 12.2 Å². The Morgan fingerprint density at radius 3 is 2.33 bits per heavy atom. The fraction of sp³-hybridized carbons (Fsp3) is 0.529. The highest BCUT2D eigenvalue weighted by Crippen LogP contribution is 2.24. The molecule has 0 saturated heterocycles. The molecule has 1 aromatic carbocycles. The largest absolute Gasteiger partial charge is 0.393 e. The third-order valence-corrected chi connectivity index (χ3v) is 4.29. The van der Waals surface area contributed by atoms with Gasteiger partial charge in [-0.05, 0) is 23.3 Å². The number of hydrogen-bond donors (Lipinski definition) is 2. The van der Waals surface area contributed by atoms with E-state index in [2.05, 4.69) is 33.0 Å². The lowest BCUT2D eigenvalue weighted by Gasteiger charge is -2.28. The number of nitrogens with two attached hydrogens (primary N) is 1. The Hall–Kier alpha value is -1.42. The van der Waals surface area contributed by atoms with E-state index >= 15 is 0 Å². The van der Waals surface area contributed by atoms with Gasteiger partial charge in [0.2, 0.25) is 5.91 Å². The van der Waals surface area contributed by atoms with E-state index in [0.29, 0.717) is 18.9 Å². The molecule has 0 aromatic heterocycles. The summed E-state index contributed by atoms with van der Waals surface area (Å²) in [5.74, 6) is -0.151. The minimum atomic E-state index is -0.449. The molecule has 1 amide bonds. The highest BCUT2D eigenvalue weighted by molar-refractivity contribution is 7.80. The van der Waals surface area contributed by atoms with Crippen LogP contribution in [0.1, 0.15) is 33.3 Å². The molecule has 4 heteroatoms. The Labute approximate surface area is 133 Å². The van der Waals surface area contributed by atoms with Crippen molar-refractivity contribution in [2.75, 3.05) is 6.54 Å². The first-order valence-corrected chi connectivity index (χ1v) is 7.73. The van der Waals surface area contributed by atoms with Gasteiger partial charge in [-0.25, -0.2) is 0 Å². The molecular formula is C17H26N2OS. The third-order valence-electron chi connectivity index (χ3n) is 4.00. The number of rotatable bonds is 6. The minimum Gasteiger partial charge on any atom is -0.393 e. The van der Waals surface area contributed by atoms with Crippen molar-refractivity contribution in [3.8, 4) is 0 Å². The molecule has 0 aliphatic carbocycles. The molecule has 0 fully saturated rings. The van der Waals surface area contributed by atoms with Gasteiger partial charge in [0.05, 0.1) is 10.9 Å². The Balaban J connectivity index is 2.65. The first kappa shape index (κ1) is 17.6. The Morgan fingerprint density at radius 2 is 1.86 bits per heavy atom. The van der Waals surface area contributed by atoms with Crippen LogP contribution in [0.5, 0.6) is 0 Å². The second-order valence-electron chi connectivity index (χ2n) is 6.66. The topological polar surface area (TPSA) is 55.1 Å². The van der Waals surface area contributed by atoms with Crippen LogP contribution in [-0.4, -0.2) is 17.4 Å². The van der Waals surface area contributed by atoms with Crippen molar-refractivity contribution in [3.05, 3.63) is 35.9 Å². The Morgan fingerprint density at radius 1 is 1.29 bits per heavy atom. The summed E-state index contributed by atoms with van der Waals surface area (Å²) >= 11 is 5.06. The van der Waals surface area contributed by atoms with Gasteiger partial charge in [-0.3, -0.25) is 4.79 Å². The molecule has 0 heterocycles. The maximum absolute atomic E-state index is 12.3. The van der Waals surface area contributed by atoms with Gasteiger partial charge in [-0.1, -0.05) is 70.2 Å². The van der Waals surface area contributed by atoms with Crippen LogP contribution in [0.2, 0.25) is 0 Å². The summed E-state index contributed by atoms with van der Waals surface area (Å²) in [6.07, 6.45) is 0.548. The summed E-state index contributed by atoms with van der Waals surface area (Å²) in [6, 6.07) is 9.81. The van der Waals surface area contributed by atoms with Crippen LogP contribution < -0.4 is 11.1 Å². The number of thiocarbonyl (C=S) groups is 1. The quantitative estimate of drug-likeness (QED) is 0.795. The zero-order valence-corrected chi connectivity index (χ0v) is 14.2. The molecule has 1 rings (SSSR count). The number of carbonyl (C=O) groups excluding carboxylic acids is 1. The molecular weight excluding hydrogens is 280 g/mol. The van der Waals surface area contributed by atoms with E-state index in [1.807, 2.05) is 30.3 Å². The van der Waals surface area contributed by atoms with E-state index in [9.17, 15) is 4.79 Å². The van der Waals surface area contributed by atoms with Gasteiger partial charge < -0.3 is 11.1 Å².